The summed E-state index contributed by atoms with van der Waals surface area (Å²) in [6, 6.07) is 6.63. The van der Waals surface area contributed by atoms with Gasteiger partial charge in [-0.1, -0.05) is 12.8 Å². The monoisotopic (exact) mass is 393 g/mol. The maximum Gasteiger partial charge on any atom is 0.251 e. The number of carbonyl (C=O) groups is 1. The van der Waals surface area contributed by atoms with Gasteiger partial charge in [0.25, 0.3) is 5.91 Å². The second-order valence-electron chi connectivity index (χ2n) is 7.64. The minimum absolute atomic E-state index is 0.152. The molecule has 2 fully saturated rings. The molecule has 1 amide bonds. The fourth-order valence-electron chi connectivity index (χ4n) is 3.86. The summed E-state index contributed by atoms with van der Waals surface area (Å²) in [5.41, 5.74) is 0.499. The Morgan fingerprint density at radius 2 is 1.52 bits per heavy atom. The molecule has 0 spiro atoms. The molecule has 2 aliphatic rings. The van der Waals surface area contributed by atoms with E-state index in [0.717, 1.165) is 32.4 Å². The number of likely N-dealkylation sites (tertiary alicyclic amines) is 1. The van der Waals surface area contributed by atoms with Crippen LogP contribution < -0.4 is 5.32 Å². The van der Waals surface area contributed by atoms with Crippen LogP contribution in [-0.4, -0.2) is 62.3 Å². The molecule has 1 aromatic carbocycles. The topological polar surface area (TPSA) is 69.7 Å². The lowest BCUT2D eigenvalue weighted by molar-refractivity contribution is 0.0930. The summed E-state index contributed by atoms with van der Waals surface area (Å²) in [4.78, 5) is 15.1. The molecule has 3 rings (SSSR count). The third kappa shape index (κ3) is 5.09. The molecule has 0 aliphatic carbocycles. The summed E-state index contributed by atoms with van der Waals surface area (Å²) in [6.07, 6.45) is 6.66. The lowest BCUT2D eigenvalue weighted by Crippen LogP contribution is -2.44. The second kappa shape index (κ2) is 9.17. The smallest absolute Gasteiger partial charge is 0.251 e. The first-order valence-corrected chi connectivity index (χ1v) is 11.5. The fourth-order valence-corrected chi connectivity index (χ4v) is 5.38. The first-order chi connectivity index (χ1) is 13.0. The summed E-state index contributed by atoms with van der Waals surface area (Å²) in [6.45, 7) is 6.10. The van der Waals surface area contributed by atoms with E-state index in [1.807, 2.05) is 0 Å². The molecule has 2 saturated heterocycles. The number of hydrogen-bond donors (Lipinski definition) is 1. The molecular weight excluding hydrogens is 362 g/mol. The van der Waals surface area contributed by atoms with Gasteiger partial charge in [0.1, 0.15) is 0 Å². The van der Waals surface area contributed by atoms with Gasteiger partial charge in [-0.3, -0.25) is 9.69 Å². The standard InChI is InChI=1S/C20H31N3O3S/c1-17(22-12-4-2-5-13-22)16-21-20(24)18-8-10-19(11-9-18)27(25,26)23-14-6-3-7-15-23/h8-11,17H,2-7,12-16H2,1H3,(H,21,24). The van der Waals surface area contributed by atoms with Crippen molar-refractivity contribution >= 4 is 15.9 Å². The Balaban J connectivity index is 1.56. The minimum atomic E-state index is -3.45. The maximum absolute atomic E-state index is 12.7. The van der Waals surface area contributed by atoms with Crippen molar-refractivity contribution in [2.24, 2.45) is 0 Å². The van der Waals surface area contributed by atoms with Gasteiger partial charge in [0.2, 0.25) is 10.0 Å². The van der Waals surface area contributed by atoms with Crippen molar-refractivity contribution in [3.8, 4) is 0 Å². The number of sulfonamides is 1. The normalized spacial score (nSPS) is 20.9. The number of benzene rings is 1. The summed E-state index contributed by atoms with van der Waals surface area (Å²) in [7, 11) is -3.45. The third-order valence-corrected chi connectivity index (χ3v) is 7.55. The zero-order valence-electron chi connectivity index (χ0n) is 16.2. The number of carbonyl (C=O) groups excluding carboxylic acids is 1. The van der Waals surface area contributed by atoms with Crippen LogP contribution in [0.2, 0.25) is 0 Å². The van der Waals surface area contributed by atoms with Gasteiger partial charge < -0.3 is 5.32 Å². The third-order valence-electron chi connectivity index (χ3n) is 5.64. The zero-order chi connectivity index (χ0) is 19.3. The van der Waals surface area contributed by atoms with Crippen molar-refractivity contribution in [2.45, 2.75) is 56.4 Å². The number of piperidine rings is 2. The highest BCUT2D eigenvalue weighted by Crippen LogP contribution is 2.21. The summed E-state index contributed by atoms with van der Waals surface area (Å²) >= 11 is 0. The molecule has 1 atom stereocenters. The molecule has 7 heteroatoms. The second-order valence-corrected chi connectivity index (χ2v) is 9.58. The van der Waals surface area contributed by atoms with Gasteiger partial charge in [0.15, 0.2) is 0 Å². The van der Waals surface area contributed by atoms with Gasteiger partial charge in [-0.25, -0.2) is 8.42 Å². The van der Waals surface area contributed by atoms with E-state index in [4.69, 9.17) is 0 Å². The van der Waals surface area contributed by atoms with Crippen LogP contribution in [0.15, 0.2) is 29.2 Å². The van der Waals surface area contributed by atoms with Gasteiger partial charge in [0.05, 0.1) is 4.90 Å². The Morgan fingerprint density at radius 3 is 2.11 bits per heavy atom. The average Bonchev–Trinajstić information content (AvgIpc) is 2.73. The van der Waals surface area contributed by atoms with E-state index in [2.05, 4.69) is 17.1 Å². The van der Waals surface area contributed by atoms with Crippen molar-refractivity contribution < 1.29 is 13.2 Å². The highest BCUT2D eigenvalue weighted by Gasteiger charge is 2.26. The molecule has 0 bridgehead atoms. The van der Waals surface area contributed by atoms with Gasteiger partial charge in [-0.15, -0.1) is 0 Å². The minimum Gasteiger partial charge on any atom is -0.350 e. The highest BCUT2D eigenvalue weighted by atomic mass is 32.2. The van der Waals surface area contributed by atoms with E-state index in [0.29, 0.717) is 31.2 Å². The van der Waals surface area contributed by atoms with Crippen LogP contribution in [0.5, 0.6) is 0 Å². The van der Waals surface area contributed by atoms with E-state index >= 15 is 0 Å². The van der Waals surface area contributed by atoms with Crippen molar-refractivity contribution in [1.29, 1.82) is 0 Å². The molecule has 2 aliphatic heterocycles. The molecule has 0 aromatic heterocycles. The number of hydrogen-bond acceptors (Lipinski definition) is 4. The van der Waals surface area contributed by atoms with Crippen molar-refractivity contribution in [2.75, 3.05) is 32.7 Å². The molecule has 0 radical (unpaired) electrons. The molecule has 1 N–H and O–H groups in total. The van der Waals surface area contributed by atoms with Crippen molar-refractivity contribution in [1.82, 2.24) is 14.5 Å². The highest BCUT2D eigenvalue weighted by molar-refractivity contribution is 7.89. The van der Waals surface area contributed by atoms with Gasteiger partial charge in [0, 0.05) is 31.2 Å². The molecule has 1 aromatic rings. The number of nitrogens with one attached hydrogen (secondary N) is 1. The van der Waals surface area contributed by atoms with Gasteiger partial charge in [-0.2, -0.15) is 4.31 Å². The lowest BCUT2D eigenvalue weighted by Gasteiger charge is -2.32. The van der Waals surface area contributed by atoms with E-state index in [-0.39, 0.29) is 10.8 Å². The van der Waals surface area contributed by atoms with Crippen LogP contribution in [0.1, 0.15) is 55.8 Å². The molecule has 6 nitrogen and oxygen atoms in total. The Bertz CT molecular complexity index is 721. The van der Waals surface area contributed by atoms with Crippen molar-refractivity contribution in [3.05, 3.63) is 29.8 Å². The Labute approximate surface area is 163 Å². The number of rotatable bonds is 6. The largest absolute Gasteiger partial charge is 0.350 e. The van der Waals surface area contributed by atoms with E-state index in [1.165, 1.54) is 19.3 Å². The molecular formula is C20H31N3O3S. The van der Waals surface area contributed by atoms with Crippen LogP contribution >= 0.6 is 0 Å². The summed E-state index contributed by atoms with van der Waals surface area (Å²) in [5.74, 6) is -0.152. The van der Waals surface area contributed by atoms with Crippen LogP contribution in [0.4, 0.5) is 0 Å². The molecule has 27 heavy (non-hydrogen) atoms. The van der Waals surface area contributed by atoms with Crippen molar-refractivity contribution in [3.63, 3.8) is 0 Å². The first kappa shape index (κ1) is 20.3. The molecule has 150 valence electrons. The lowest BCUT2D eigenvalue weighted by atomic mass is 10.1. The van der Waals surface area contributed by atoms with Gasteiger partial charge in [-0.05, 0) is 70.0 Å². The van der Waals surface area contributed by atoms with Crippen LogP contribution in [0.3, 0.4) is 0 Å². The molecule has 2 heterocycles. The predicted octanol–water partition coefficient (Wildman–Crippen LogP) is 2.47. The first-order valence-electron chi connectivity index (χ1n) is 10.1. The number of amides is 1. The predicted molar refractivity (Wildman–Crippen MR) is 106 cm³/mol. The number of nitrogens with zero attached hydrogens (tertiary/aromatic N) is 2. The van der Waals surface area contributed by atoms with Crippen LogP contribution in [0.25, 0.3) is 0 Å². The van der Waals surface area contributed by atoms with Crippen LogP contribution in [0, 0.1) is 0 Å². The van der Waals surface area contributed by atoms with E-state index < -0.39 is 10.0 Å². The van der Waals surface area contributed by atoms with Crippen LogP contribution in [-0.2, 0) is 10.0 Å². The SMILES string of the molecule is CC(CNC(=O)c1ccc(S(=O)(=O)N2CCCCC2)cc1)N1CCCCC1. The maximum atomic E-state index is 12.7. The summed E-state index contributed by atoms with van der Waals surface area (Å²) < 4.78 is 26.9. The van der Waals surface area contributed by atoms with E-state index in [1.54, 1.807) is 28.6 Å². The zero-order valence-corrected chi connectivity index (χ0v) is 17.0. The summed E-state index contributed by atoms with van der Waals surface area (Å²) in [5, 5.41) is 2.98. The quantitative estimate of drug-likeness (QED) is 0.806. The Hall–Kier alpha value is -1.44. The average molecular weight is 394 g/mol. The molecule has 0 saturated carbocycles. The Morgan fingerprint density at radius 1 is 0.963 bits per heavy atom. The van der Waals surface area contributed by atoms with Gasteiger partial charge >= 0.3 is 0 Å². The van der Waals surface area contributed by atoms with E-state index in [9.17, 15) is 13.2 Å². The molecule has 1 unspecified atom stereocenters. The Kier molecular flexibility index (Phi) is 6.89. The fraction of sp³-hybridized carbons (Fsp3) is 0.650.